The van der Waals surface area contributed by atoms with Crippen LogP contribution in [0.5, 0.6) is 0 Å². The van der Waals surface area contributed by atoms with Gasteiger partial charge < -0.3 is 20.9 Å². The van der Waals surface area contributed by atoms with E-state index in [1.165, 1.54) is 0 Å². The second kappa shape index (κ2) is 6.88. The highest BCUT2D eigenvalue weighted by molar-refractivity contribution is 5.95. The summed E-state index contributed by atoms with van der Waals surface area (Å²) in [7, 11) is 0. The third-order valence-corrected chi connectivity index (χ3v) is 2.31. The summed E-state index contributed by atoms with van der Waals surface area (Å²) in [5.41, 5.74) is 7.82. The first-order valence-electron chi connectivity index (χ1n) is 5.48. The number of nitrogens with one attached hydrogen (secondary N) is 1. The third kappa shape index (κ3) is 4.42. The Balaban J connectivity index is 2.39. The molecule has 0 aromatic heterocycles. The van der Waals surface area contributed by atoms with Crippen LogP contribution in [0.3, 0.4) is 0 Å². The van der Waals surface area contributed by atoms with E-state index in [0.29, 0.717) is 24.4 Å². The van der Waals surface area contributed by atoms with Crippen LogP contribution in [-0.4, -0.2) is 37.4 Å². The third-order valence-electron chi connectivity index (χ3n) is 2.31. The first kappa shape index (κ1) is 13.5. The van der Waals surface area contributed by atoms with Crippen molar-refractivity contribution in [1.29, 1.82) is 0 Å². The highest BCUT2D eigenvalue weighted by Crippen LogP contribution is 2.12. The number of hydrogen-bond donors (Lipinski definition) is 3. The average molecular weight is 238 g/mol. The topological polar surface area (TPSA) is 84.6 Å². The molecule has 4 N–H and O–H groups in total. The summed E-state index contributed by atoms with van der Waals surface area (Å²) in [4.78, 5) is 11.7. The summed E-state index contributed by atoms with van der Waals surface area (Å²) in [6.07, 6.45) is 0. The molecule has 0 aliphatic rings. The SMILES string of the molecule is Cc1ccc(C(=O)NCCOCCO)cc1N. The predicted molar refractivity (Wildman–Crippen MR) is 65.8 cm³/mol. The van der Waals surface area contributed by atoms with E-state index < -0.39 is 0 Å². The van der Waals surface area contributed by atoms with Crippen LogP contribution in [0.25, 0.3) is 0 Å². The Morgan fingerprint density at radius 2 is 2.24 bits per heavy atom. The van der Waals surface area contributed by atoms with Crippen LogP contribution in [-0.2, 0) is 4.74 Å². The molecule has 1 amide bonds. The lowest BCUT2D eigenvalue weighted by atomic mass is 10.1. The molecule has 1 aromatic rings. The lowest BCUT2D eigenvalue weighted by molar-refractivity contribution is 0.0838. The number of aliphatic hydroxyl groups is 1. The van der Waals surface area contributed by atoms with E-state index in [1.807, 2.05) is 13.0 Å². The predicted octanol–water partition coefficient (Wildman–Crippen LogP) is 0.316. The fourth-order valence-corrected chi connectivity index (χ4v) is 1.29. The molecule has 0 bridgehead atoms. The normalized spacial score (nSPS) is 10.2. The number of ether oxygens (including phenoxy) is 1. The van der Waals surface area contributed by atoms with Crippen molar-refractivity contribution < 1.29 is 14.6 Å². The molecule has 5 nitrogen and oxygen atoms in total. The molecule has 1 rings (SSSR count). The zero-order valence-corrected chi connectivity index (χ0v) is 9.90. The van der Waals surface area contributed by atoms with Crippen molar-refractivity contribution in [3.63, 3.8) is 0 Å². The van der Waals surface area contributed by atoms with Gasteiger partial charge in [-0.3, -0.25) is 4.79 Å². The van der Waals surface area contributed by atoms with E-state index in [0.717, 1.165) is 5.56 Å². The van der Waals surface area contributed by atoms with Gasteiger partial charge in [-0.2, -0.15) is 0 Å². The highest BCUT2D eigenvalue weighted by Gasteiger charge is 2.05. The second-order valence-corrected chi connectivity index (χ2v) is 3.66. The molecule has 0 saturated carbocycles. The van der Waals surface area contributed by atoms with Crippen LogP contribution in [0, 0.1) is 6.92 Å². The van der Waals surface area contributed by atoms with Crippen LogP contribution >= 0.6 is 0 Å². The van der Waals surface area contributed by atoms with Crippen molar-refractivity contribution in [3.05, 3.63) is 29.3 Å². The first-order valence-corrected chi connectivity index (χ1v) is 5.48. The number of aryl methyl sites for hydroxylation is 1. The zero-order chi connectivity index (χ0) is 12.7. The van der Waals surface area contributed by atoms with E-state index >= 15 is 0 Å². The number of carbonyl (C=O) groups is 1. The zero-order valence-electron chi connectivity index (χ0n) is 9.90. The van der Waals surface area contributed by atoms with Crippen LogP contribution < -0.4 is 11.1 Å². The van der Waals surface area contributed by atoms with Crippen LogP contribution in [0.15, 0.2) is 18.2 Å². The smallest absolute Gasteiger partial charge is 0.251 e. The Morgan fingerprint density at radius 3 is 2.88 bits per heavy atom. The van der Waals surface area contributed by atoms with Gasteiger partial charge in [-0.05, 0) is 24.6 Å². The number of hydrogen-bond acceptors (Lipinski definition) is 4. The minimum atomic E-state index is -0.177. The van der Waals surface area contributed by atoms with Gasteiger partial charge >= 0.3 is 0 Å². The maximum absolute atomic E-state index is 11.7. The molecule has 0 unspecified atom stereocenters. The molecule has 1 aromatic carbocycles. The summed E-state index contributed by atoms with van der Waals surface area (Å²) in [6, 6.07) is 5.20. The maximum Gasteiger partial charge on any atom is 0.251 e. The average Bonchev–Trinajstić information content (AvgIpc) is 2.32. The number of anilines is 1. The van der Waals surface area contributed by atoms with E-state index in [9.17, 15) is 4.79 Å². The second-order valence-electron chi connectivity index (χ2n) is 3.66. The van der Waals surface area contributed by atoms with Gasteiger partial charge in [-0.15, -0.1) is 0 Å². The number of benzene rings is 1. The molecule has 0 fully saturated rings. The highest BCUT2D eigenvalue weighted by atomic mass is 16.5. The van der Waals surface area contributed by atoms with E-state index in [-0.39, 0.29) is 19.1 Å². The minimum absolute atomic E-state index is 0.0115. The van der Waals surface area contributed by atoms with Gasteiger partial charge in [0.1, 0.15) is 0 Å². The van der Waals surface area contributed by atoms with E-state index in [4.69, 9.17) is 15.6 Å². The van der Waals surface area contributed by atoms with Gasteiger partial charge in [0, 0.05) is 17.8 Å². The van der Waals surface area contributed by atoms with Crippen molar-refractivity contribution in [2.45, 2.75) is 6.92 Å². The number of rotatable bonds is 6. The molecule has 0 aliphatic heterocycles. The Kier molecular flexibility index (Phi) is 5.45. The standard InChI is InChI=1S/C12H18N2O3/c1-9-2-3-10(8-11(9)13)12(16)14-4-6-17-7-5-15/h2-3,8,15H,4-7,13H2,1H3,(H,14,16). The molecule has 0 radical (unpaired) electrons. The van der Waals surface area contributed by atoms with E-state index in [1.54, 1.807) is 12.1 Å². The van der Waals surface area contributed by atoms with E-state index in [2.05, 4.69) is 5.32 Å². The molecule has 0 atom stereocenters. The number of nitrogen functional groups attached to an aromatic ring is 1. The molecule has 0 heterocycles. The number of amides is 1. The Hall–Kier alpha value is -1.59. The van der Waals surface area contributed by atoms with Gasteiger partial charge in [0.05, 0.1) is 19.8 Å². The molecular weight excluding hydrogens is 220 g/mol. The fourth-order valence-electron chi connectivity index (χ4n) is 1.29. The van der Waals surface area contributed by atoms with Crippen molar-refractivity contribution in [3.8, 4) is 0 Å². The summed E-state index contributed by atoms with van der Waals surface area (Å²) in [6.45, 7) is 2.95. The van der Waals surface area contributed by atoms with Crippen LogP contribution in [0.2, 0.25) is 0 Å². The number of nitrogens with two attached hydrogens (primary N) is 1. The molecule has 0 spiro atoms. The summed E-state index contributed by atoms with van der Waals surface area (Å²) < 4.78 is 5.02. The van der Waals surface area contributed by atoms with Crippen molar-refractivity contribution >= 4 is 11.6 Å². The van der Waals surface area contributed by atoms with Gasteiger partial charge in [0.25, 0.3) is 5.91 Å². The van der Waals surface area contributed by atoms with Crippen molar-refractivity contribution in [2.24, 2.45) is 0 Å². The maximum atomic E-state index is 11.7. The summed E-state index contributed by atoms with van der Waals surface area (Å²) >= 11 is 0. The van der Waals surface area contributed by atoms with Gasteiger partial charge in [0.2, 0.25) is 0 Å². The molecule has 5 heteroatoms. The Bertz CT molecular complexity index is 380. The number of carbonyl (C=O) groups excluding carboxylic acids is 1. The molecule has 0 saturated heterocycles. The van der Waals surface area contributed by atoms with Gasteiger partial charge in [-0.25, -0.2) is 0 Å². The lowest BCUT2D eigenvalue weighted by Gasteiger charge is -2.07. The molecule has 0 aliphatic carbocycles. The Morgan fingerprint density at radius 1 is 1.47 bits per heavy atom. The van der Waals surface area contributed by atoms with Crippen LogP contribution in [0.1, 0.15) is 15.9 Å². The first-order chi connectivity index (χ1) is 8.15. The fraction of sp³-hybridized carbons (Fsp3) is 0.417. The molecule has 17 heavy (non-hydrogen) atoms. The monoisotopic (exact) mass is 238 g/mol. The van der Waals surface area contributed by atoms with Crippen LogP contribution in [0.4, 0.5) is 5.69 Å². The summed E-state index contributed by atoms with van der Waals surface area (Å²) in [5, 5.41) is 11.2. The Labute approximate surface area is 101 Å². The molecular formula is C12H18N2O3. The van der Waals surface area contributed by atoms with Crippen molar-refractivity contribution in [1.82, 2.24) is 5.32 Å². The quantitative estimate of drug-likeness (QED) is 0.492. The van der Waals surface area contributed by atoms with Crippen molar-refractivity contribution in [2.75, 3.05) is 32.1 Å². The minimum Gasteiger partial charge on any atom is -0.398 e. The molecule has 94 valence electrons. The lowest BCUT2D eigenvalue weighted by Crippen LogP contribution is -2.27. The number of aliphatic hydroxyl groups excluding tert-OH is 1. The summed E-state index contributed by atoms with van der Waals surface area (Å²) in [5.74, 6) is -0.177. The van der Waals surface area contributed by atoms with Gasteiger partial charge in [0.15, 0.2) is 0 Å². The van der Waals surface area contributed by atoms with Gasteiger partial charge in [-0.1, -0.05) is 6.07 Å². The largest absolute Gasteiger partial charge is 0.398 e.